The van der Waals surface area contributed by atoms with Crippen LogP contribution < -0.4 is 0 Å². The van der Waals surface area contributed by atoms with Crippen LogP contribution in [0.15, 0.2) is 0 Å². The SMILES string of the molecule is FC(F)C(F)(F)CN1C(F)(F)C(F)(F)OC(F)(F)C1(F)F. The second-order valence-electron chi connectivity index (χ2n) is 3.87. The van der Waals surface area contributed by atoms with Gasteiger partial charge < -0.3 is 0 Å². The van der Waals surface area contributed by atoms with E-state index < -0.39 is 48.1 Å². The van der Waals surface area contributed by atoms with Crippen molar-refractivity contribution in [2.45, 2.75) is 36.7 Å². The van der Waals surface area contributed by atoms with Crippen LogP contribution in [0.5, 0.6) is 0 Å². The molecule has 1 saturated heterocycles. The third-order valence-electron chi connectivity index (χ3n) is 2.32. The Morgan fingerprint density at radius 1 is 0.810 bits per heavy atom. The Morgan fingerprint density at radius 3 is 1.43 bits per heavy atom. The molecule has 0 N–H and O–H groups in total. The molecule has 0 saturated carbocycles. The van der Waals surface area contributed by atoms with Gasteiger partial charge in [0.15, 0.2) is 0 Å². The fourth-order valence-corrected chi connectivity index (χ4v) is 1.25. The van der Waals surface area contributed by atoms with Crippen molar-refractivity contribution in [1.29, 1.82) is 0 Å². The summed E-state index contributed by atoms with van der Waals surface area (Å²) in [5.41, 5.74) is 0. The first-order chi connectivity index (χ1) is 8.99. The van der Waals surface area contributed by atoms with Crippen molar-refractivity contribution in [1.82, 2.24) is 4.90 Å². The summed E-state index contributed by atoms with van der Waals surface area (Å²) in [6.07, 6.45) is -17.5. The van der Waals surface area contributed by atoms with Crippen molar-refractivity contribution >= 4 is 0 Å². The predicted octanol–water partition coefficient (Wildman–Crippen LogP) is 3.59. The summed E-state index contributed by atoms with van der Waals surface area (Å²) in [5, 5.41) is 0. The van der Waals surface area contributed by atoms with Crippen LogP contribution in [0, 0.1) is 0 Å². The van der Waals surface area contributed by atoms with Gasteiger partial charge in [0.2, 0.25) is 0 Å². The van der Waals surface area contributed by atoms with Crippen molar-refractivity contribution in [3.8, 4) is 0 Å². The van der Waals surface area contributed by atoms with Gasteiger partial charge in [-0.25, -0.2) is 13.5 Å². The van der Waals surface area contributed by atoms with E-state index in [2.05, 4.69) is 0 Å². The number of rotatable bonds is 3. The first-order valence-corrected chi connectivity index (χ1v) is 4.64. The lowest BCUT2D eigenvalue weighted by Crippen LogP contribution is -2.75. The van der Waals surface area contributed by atoms with Crippen LogP contribution in [0.4, 0.5) is 52.7 Å². The van der Waals surface area contributed by atoms with Gasteiger partial charge in [0.05, 0.1) is 6.54 Å². The molecule has 0 radical (unpaired) electrons. The number of halogens is 12. The lowest BCUT2D eigenvalue weighted by Gasteiger charge is -2.47. The maximum absolute atomic E-state index is 12.9. The molecule has 1 fully saturated rings. The van der Waals surface area contributed by atoms with E-state index in [0.717, 1.165) is 0 Å². The largest absolute Gasteiger partial charge is 0.439 e. The Labute approximate surface area is 107 Å². The maximum atomic E-state index is 12.9. The van der Waals surface area contributed by atoms with E-state index in [1.54, 1.807) is 0 Å². The number of morpholine rings is 1. The van der Waals surface area contributed by atoms with Crippen LogP contribution in [0.25, 0.3) is 0 Å². The summed E-state index contributed by atoms with van der Waals surface area (Å²) < 4.78 is 153. The van der Waals surface area contributed by atoms with Gasteiger partial charge in [-0.2, -0.15) is 48.8 Å². The van der Waals surface area contributed by atoms with Crippen LogP contribution in [0.1, 0.15) is 0 Å². The average molecular weight is 345 g/mol. The van der Waals surface area contributed by atoms with Crippen molar-refractivity contribution in [3.63, 3.8) is 0 Å². The molecule has 0 atom stereocenters. The van der Waals surface area contributed by atoms with Gasteiger partial charge in [-0.1, -0.05) is 0 Å². The van der Waals surface area contributed by atoms with Crippen molar-refractivity contribution in [2.24, 2.45) is 0 Å². The monoisotopic (exact) mass is 345 g/mol. The highest BCUT2D eigenvalue weighted by molar-refractivity contribution is 4.96. The van der Waals surface area contributed by atoms with E-state index in [4.69, 9.17) is 0 Å². The van der Waals surface area contributed by atoms with Crippen LogP contribution >= 0.6 is 0 Å². The van der Waals surface area contributed by atoms with Gasteiger partial charge >= 0.3 is 36.7 Å². The second kappa shape index (κ2) is 4.54. The molecule has 0 aromatic heterocycles. The first-order valence-electron chi connectivity index (χ1n) is 4.64. The third kappa shape index (κ3) is 2.62. The molecular weight excluding hydrogens is 342 g/mol. The molecule has 14 heteroatoms. The molecule has 0 spiro atoms. The van der Waals surface area contributed by atoms with Crippen LogP contribution in [0.2, 0.25) is 0 Å². The van der Waals surface area contributed by atoms with E-state index in [9.17, 15) is 52.7 Å². The summed E-state index contributed by atoms with van der Waals surface area (Å²) in [6, 6.07) is -12.8. The number of hydrogen-bond donors (Lipinski definition) is 0. The molecule has 1 aliphatic heterocycles. The summed E-state index contributed by atoms with van der Waals surface area (Å²) in [4.78, 5) is -2.70. The average Bonchev–Trinajstić information content (AvgIpc) is 2.21. The second-order valence-corrected chi connectivity index (χ2v) is 3.87. The smallest absolute Gasteiger partial charge is 0.243 e. The Kier molecular flexibility index (Phi) is 3.92. The van der Waals surface area contributed by atoms with Crippen LogP contribution in [0.3, 0.4) is 0 Å². The normalized spacial score (nSPS) is 27.9. The van der Waals surface area contributed by atoms with Crippen LogP contribution in [-0.2, 0) is 4.74 Å². The predicted molar refractivity (Wildman–Crippen MR) is 38.5 cm³/mol. The molecular formula is C7H3F12NO. The number of hydrogen-bond acceptors (Lipinski definition) is 2. The minimum Gasteiger partial charge on any atom is -0.243 e. The van der Waals surface area contributed by atoms with Gasteiger partial charge in [0.25, 0.3) is 0 Å². The van der Waals surface area contributed by atoms with E-state index in [0.29, 0.717) is 0 Å². The quantitative estimate of drug-likeness (QED) is 0.573. The van der Waals surface area contributed by atoms with Gasteiger partial charge in [-0.05, 0) is 0 Å². The summed E-state index contributed by atoms with van der Waals surface area (Å²) in [6.45, 7) is -3.46. The van der Waals surface area contributed by atoms with E-state index >= 15 is 0 Å². The molecule has 21 heavy (non-hydrogen) atoms. The summed E-state index contributed by atoms with van der Waals surface area (Å²) >= 11 is 0. The Morgan fingerprint density at radius 2 is 1.14 bits per heavy atom. The molecule has 1 rings (SSSR count). The molecule has 0 bridgehead atoms. The highest BCUT2D eigenvalue weighted by Crippen LogP contribution is 2.56. The molecule has 0 aromatic carbocycles. The van der Waals surface area contributed by atoms with Gasteiger partial charge in [-0.3, -0.25) is 0 Å². The lowest BCUT2D eigenvalue weighted by atomic mass is 10.2. The van der Waals surface area contributed by atoms with Gasteiger partial charge in [0.1, 0.15) is 0 Å². The van der Waals surface area contributed by atoms with Crippen molar-refractivity contribution in [3.05, 3.63) is 0 Å². The van der Waals surface area contributed by atoms with Gasteiger partial charge in [0, 0.05) is 0 Å². The van der Waals surface area contributed by atoms with Crippen LogP contribution in [-0.4, -0.2) is 48.1 Å². The molecule has 0 aliphatic carbocycles. The first kappa shape index (κ1) is 18.1. The minimum atomic E-state index is -6.39. The Balaban J connectivity index is 3.34. The maximum Gasteiger partial charge on any atom is 0.439 e. The topological polar surface area (TPSA) is 12.5 Å². The standard InChI is InChI=1S/C7H3F12NO/c8-2(9)3(10,11)1-20-4(12,13)6(16,17)21-7(18,19)5(20,14)15/h2H,1H2. The van der Waals surface area contributed by atoms with E-state index in [1.807, 2.05) is 4.74 Å². The zero-order chi connectivity index (χ0) is 17.1. The Bertz CT molecular complexity index is 380. The van der Waals surface area contributed by atoms with E-state index in [-0.39, 0.29) is 0 Å². The van der Waals surface area contributed by atoms with Gasteiger partial charge in [-0.15, -0.1) is 0 Å². The summed E-state index contributed by atoms with van der Waals surface area (Å²) in [5.74, 6) is -5.68. The fourth-order valence-electron chi connectivity index (χ4n) is 1.25. The molecule has 0 unspecified atom stereocenters. The molecule has 126 valence electrons. The highest BCUT2D eigenvalue weighted by atomic mass is 19.4. The summed E-state index contributed by atoms with van der Waals surface area (Å²) in [7, 11) is 0. The number of nitrogens with zero attached hydrogens (tertiary/aromatic N) is 1. The molecule has 2 nitrogen and oxygen atoms in total. The van der Waals surface area contributed by atoms with E-state index in [1.165, 1.54) is 0 Å². The molecule has 1 aliphatic rings. The number of alkyl halides is 12. The minimum absolute atomic E-state index is 1.96. The molecule has 0 amide bonds. The fraction of sp³-hybridized carbons (Fsp3) is 1.00. The molecule has 0 aromatic rings. The zero-order valence-electron chi connectivity index (χ0n) is 9.18. The van der Waals surface area contributed by atoms with Crippen molar-refractivity contribution in [2.75, 3.05) is 6.54 Å². The third-order valence-corrected chi connectivity index (χ3v) is 2.32. The van der Waals surface area contributed by atoms with Crippen molar-refractivity contribution < 1.29 is 57.4 Å². The zero-order valence-corrected chi connectivity index (χ0v) is 9.18. The highest BCUT2D eigenvalue weighted by Gasteiger charge is 2.83. The Hall–Kier alpha value is -0.920. The molecule has 1 heterocycles. The number of ether oxygens (including phenoxy) is 1. The lowest BCUT2D eigenvalue weighted by molar-refractivity contribution is -0.565.